The summed E-state index contributed by atoms with van der Waals surface area (Å²) in [4.78, 5) is 15.3. The van der Waals surface area contributed by atoms with Gasteiger partial charge in [0.05, 0.1) is 11.5 Å². The first-order valence-corrected chi connectivity index (χ1v) is 8.15. The largest absolute Gasteiger partial charge is 0.380 e. The van der Waals surface area contributed by atoms with Gasteiger partial charge in [0.1, 0.15) is 5.82 Å². The molecular weight excluding hydrogens is 339 g/mol. The second-order valence-corrected chi connectivity index (χ2v) is 6.61. The molecule has 1 aromatic carbocycles. The van der Waals surface area contributed by atoms with Gasteiger partial charge in [-0.3, -0.25) is 4.79 Å². The fourth-order valence-corrected chi connectivity index (χ4v) is 4.07. The van der Waals surface area contributed by atoms with E-state index in [1.54, 1.807) is 13.2 Å². The van der Waals surface area contributed by atoms with Gasteiger partial charge in [-0.15, -0.1) is 23.7 Å². The number of hydrogen-bond acceptors (Lipinski definition) is 4. The number of nitrogens with one attached hydrogen (secondary N) is 1. The second-order valence-electron chi connectivity index (χ2n) is 5.56. The van der Waals surface area contributed by atoms with Gasteiger partial charge in [0.25, 0.3) is 5.91 Å². The summed E-state index contributed by atoms with van der Waals surface area (Å²) >= 11 is 1.35. The normalized spacial score (nSPS) is 18.0. The molecule has 0 radical (unpaired) electrons. The van der Waals surface area contributed by atoms with E-state index in [4.69, 9.17) is 4.74 Å². The van der Waals surface area contributed by atoms with Crippen molar-refractivity contribution in [2.75, 3.05) is 26.7 Å². The lowest BCUT2D eigenvalue weighted by Crippen LogP contribution is -2.51. The molecule has 2 aromatic rings. The Hall–Kier alpha value is -1.21. The number of nitrogens with zero attached hydrogens (tertiary/aromatic N) is 1. The minimum Gasteiger partial charge on any atom is -0.380 e. The van der Waals surface area contributed by atoms with Crippen molar-refractivity contribution in [2.45, 2.75) is 19.6 Å². The Morgan fingerprint density at radius 2 is 2.30 bits per heavy atom. The predicted octanol–water partition coefficient (Wildman–Crippen LogP) is 3.04. The molecule has 0 aliphatic carbocycles. The minimum absolute atomic E-state index is 0. The van der Waals surface area contributed by atoms with Crippen LogP contribution in [0.5, 0.6) is 0 Å². The highest BCUT2D eigenvalue weighted by molar-refractivity contribution is 7.21. The van der Waals surface area contributed by atoms with Gasteiger partial charge in [-0.1, -0.05) is 6.07 Å². The van der Waals surface area contributed by atoms with Crippen LogP contribution in [-0.2, 0) is 11.3 Å². The zero-order valence-corrected chi connectivity index (χ0v) is 14.7. The number of thiophene rings is 1. The number of piperazine rings is 1. The zero-order chi connectivity index (χ0) is 15.7. The standard InChI is InChI=1S/C16H19FN2O2S.ClH/c1-10-8-19(7-6-18-10)16(20)15-11(9-21-2)14-12(17)4-3-5-13(14)22-15;/h3-5,10,18H,6-9H2,1-2H3;1H. The molecular formula is C16H20ClFN2O2S. The third kappa shape index (κ3) is 3.50. The second kappa shape index (κ2) is 7.57. The van der Waals surface area contributed by atoms with E-state index in [0.29, 0.717) is 28.9 Å². The number of amides is 1. The Bertz CT molecular complexity index is 707. The topological polar surface area (TPSA) is 41.6 Å². The molecule has 0 bridgehead atoms. The van der Waals surface area contributed by atoms with Gasteiger partial charge in [0.15, 0.2) is 0 Å². The van der Waals surface area contributed by atoms with Crippen LogP contribution in [0.3, 0.4) is 0 Å². The molecule has 1 aliphatic heterocycles. The van der Waals surface area contributed by atoms with Crippen LogP contribution in [0.25, 0.3) is 10.1 Å². The van der Waals surface area contributed by atoms with E-state index < -0.39 is 0 Å². The van der Waals surface area contributed by atoms with Crippen LogP contribution in [0, 0.1) is 5.82 Å². The molecule has 1 fully saturated rings. The smallest absolute Gasteiger partial charge is 0.264 e. The molecule has 3 rings (SSSR count). The molecule has 1 N–H and O–H groups in total. The first kappa shape index (κ1) is 18.1. The number of benzene rings is 1. The Labute approximate surface area is 145 Å². The number of carbonyl (C=O) groups is 1. The molecule has 1 aliphatic rings. The van der Waals surface area contributed by atoms with Crippen molar-refractivity contribution in [3.05, 3.63) is 34.5 Å². The van der Waals surface area contributed by atoms with Crippen LogP contribution >= 0.6 is 23.7 Å². The van der Waals surface area contributed by atoms with Crippen LogP contribution in [0.2, 0.25) is 0 Å². The minimum atomic E-state index is -0.298. The SMILES string of the molecule is COCc1c(C(=O)N2CCNC(C)C2)sc2cccc(F)c12.Cl. The van der Waals surface area contributed by atoms with E-state index in [0.717, 1.165) is 11.2 Å². The Kier molecular flexibility index (Phi) is 5.97. The molecule has 2 heterocycles. The van der Waals surface area contributed by atoms with Gasteiger partial charge in [-0.25, -0.2) is 4.39 Å². The summed E-state index contributed by atoms with van der Waals surface area (Å²) in [6.45, 7) is 4.42. The lowest BCUT2D eigenvalue weighted by molar-refractivity contribution is 0.0710. The molecule has 23 heavy (non-hydrogen) atoms. The van der Waals surface area contributed by atoms with Gasteiger partial charge >= 0.3 is 0 Å². The van der Waals surface area contributed by atoms with Crippen LogP contribution in [0.4, 0.5) is 4.39 Å². The van der Waals surface area contributed by atoms with E-state index in [2.05, 4.69) is 12.2 Å². The molecule has 7 heteroatoms. The first-order valence-electron chi connectivity index (χ1n) is 7.33. The molecule has 1 amide bonds. The van der Waals surface area contributed by atoms with Crippen molar-refractivity contribution < 1.29 is 13.9 Å². The van der Waals surface area contributed by atoms with E-state index in [9.17, 15) is 9.18 Å². The molecule has 1 saturated heterocycles. The molecule has 0 spiro atoms. The maximum absolute atomic E-state index is 14.2. The summed E-state index contributed by atoms with van der Waals surface area (Å²) < 4.78 is 20.2. The fraction of sp³-hybridized carbons (Fsp3) is 0.438. The number of methoxy groups -OCH3 is 1. The third-order valence-electron chi connectivity index (χ3n) is 3.90. The summed E-state index contributed by atoms with van der Waals surface area (Å²) in [5.41, 5.74) is 0.664. The number of ether oxygens (including phenoxy) is 1. The summed E-state index contributed by atoms with van der Waals surface area (Å²) in [6.07, 6.45) is 0. The van der Waals surface area contributed by atoms with Crippen LogP contribution in [0.1, 0.15) is 22.2 Å². The lowest BCUT2D eigenvalue weighted by Gasteiger charge is -2.31. The molecule has 4 nitrogen and oxygen atoms in total. The van der Waals surface area contributed by atoms with Crippen molar-refractivity contribution >= 4 is 39.7 Å². The van der Waals surface area contributed by atoms with Gasteiger partial charge in [0.2, 0.25) is 0 Å². The zero-order valence-electron chi connectivity index (χ0n) is 13.1. The average molecular weight is 359 g/mol. The summed E-state index contributed by atoms with van der Waals surface area (Å²) in [5.74, 6) is -0.325. The van der Waals surface area contributed by atoms with E-state index in [1.165, 1.54) is 17.4 Å². The molecule has 0 saturated carbocycles. The number of hydrogen-bond donors (Lipinski definition) is 1. The summed E-state index contributed by atoms with van der Waals surface area (Å²) in [7, 11) is 1.56. The fourth-order valence-electron chi connectivity index (χ4n) is 2.88. The van der Waals surface area contributed by atoms with Gasteiger partial charge in [0, 0.05) is 48.4 Å². The lowest BCUT2D eigenvalue weighted by atomic mass is 10.1. The van der Waals surface area contributed by atoms with Crippen molar-refractivity contribution in [3.8, 4) is 0 Å². The predicted molar refractivity (Wildman–Crippen MR) is 93.1 cm³/mol. The van der Waals surface area contributed by atoms with Crippen LogP contribution in [-0.4, -0.2) is 43.6 Å². The highest BCUT2D eigenvalue weighted by atomic mass is 35.5. The van der Waals surface area contributed by atoms with Gasteiger partial charge in [-0.05, 0) is 19.1 Å². The summed E-state index contributed by atoms with van der Waals surface area (Å²) in [6, 6.07) is 5.22. The quantitative estimate of drug-likeness (QED) is 0.917. The number of rotatable bonds is 3. The van der Waals surface area contributed by atoms with Gasteiger partial charge in [-0.2, -0.15) is 0 Å². The highest BCUT2D eigenvalue weighted by Gasteiger charge is 2.27. The van der Waals surface area contributed by atoms with E-state index >= 15 is 0 Å². The molecule has 1 unspecified atom stereocenters. The highest BCUT2D eigenvalue weighted by Crippen LogP contribution is 2.34. The van der Waals surface area contributed by atoms with Crippen molar-refractivity contribution in [2.24, 2.45) is 0 Å². The molecule has 126 valence electrons. The molecule has 1 aromatic heterocycles. The molecule has 1 atom stereocenters. The Balaban J connectivity index is 0.00000192. The van der Waals surface area contributed by atoms with Crippen LogP contribution in [0.15, 0.2) is 18.2 Å². The Morgan fingerprint density at radius 1 is 1.52 bits per heavy atom. The number of fused-ring (bicyclic) bond motifs is 1. The first-order chi connectivity index (χ1) is 10.6. The van der Waals surface area contributed by atoms with Crippen LogP contribution < -0.4 is 5.32 Å². The Morgan fingerprint density at radius 3 is 3.00 bits per heavy atom. The monoisotopic (exact) mass is 358 g/mol. The summed E-state index contributed by atoms with van der Waals surface area (Å²) in [5, 5.41) is 3.83. The van der Waals surface area contributed by atoms with Crippen molar-refractivity contribution in [3.63, 3.8) is 0 Å². The van der Waals surface area contributed by atoms with Crippen molar-refractivity contribution in [1.82, 2.24) is 10.2 Å². The van der Waals surface area contributed by atoms with E-state index in [-0.39, 0.29) is 36.8 Å². The number of halogens is 2. The van der Waals surface area contributed by atoms with Gasteiger partial charge < -0.3 is 15.0 Å². The number of carbonyl (C=O) groups excluding carboxylic acids is 1. The third-order valence-corrected chi connectivity index (χ3v) is 5.09. The maximum Gasteiger partial charge on any atom is 0.264 e. The van der Waals surface area contributed by atoms with Crippen molar-refractivity contribution in [1.29, 1.82) is 0 Å². The maximum atomic E-state index is 14.2. The average Bonchev–Trinajstić information content (AvgIpc) is 2.87. The van der Waals surface area contributed by atoms with E-state index in [1.807, 2.05) is 11.0 Å².